The molecule has 0 amide bonds. The fourth-order valence-electron chi connectivity index (χ4n) is 2.00. The van der Waals surface area contributed by atoms with Gasteiger partial charge in [0.1, 0.15) is 5.82 Å². The van der Waals surface area contributed by atoms with E-state index in [1.54, 1.807) is 24.3 Å². The van der Waals surface area contributed by atoms with Gasteiger partial charge in [-0.25, -0.2) is 4.39 Å². The van der Waals surface area contributed by atoms with Crippen LogP contribution in [0.3, 0.4) is 0 Å². The van der Waals surface area contributed by atoms with E-state index in [9.17, 15) is 4.39 Å². The summed E-state index contributed by atoms with van der Waals surface area (Å²) in [5.41, 5.74) is 1.79. The van der Waals surface area contributed by atoms with E-state index in [2.05, 4.69) is 31.3 Å². The Balaban J connectivity index is 2.18. The Kier molecular flexibility index (Phi) is 4.72. The van der Waals surface area contributed by atoms with E-state index in [0.717, 1.165) is 18.5 Å². The molecule has 102 valence electrons. The van der Waals surface area contributed by atoms with E-state index in [1.807, 2.05) is 12.1 Å². The fraction of sp³-hybridized carbons (Fsp3) is 0.375. The Labute approximate surface area is 118 Å². The zero-order valence-electron chi connectivity index (χ0n) is 11.7. The summed E-state index contributed by atoms with van der Waals surface area (Å²) in [5, 5.41) is 3.48. The number of hydrogen-bond acceptors (Lipinski definition) is 2. The number of hydrogen-bond donors (Lipinski definition) is 1. The lowest BCUT2D eigenvalue weighted by molar-refractivity contribution is 0.578. The van der Waals surface area contributed by atoms with Crippen LogP contribution >= 0.6 is 11.3 Å². The predicted octanol–water partition coefficient (Wildman–Crippen LogP) is 4.92. The zero-order chi connectivity index (χ0) is 13.8. The lowest BCUT2D eigenvalue weighted by Crippen LogP contribution is -2.18. The van der Waals surface area contributed by atoms with E-state index < -0.39 is 0 Å². The summed E-state index contributed by atoms with van der Waals surface area (Å²) in [6, 6.07) is 9.96. The molecule has 0 bridgehead atoms. The fourth-order valence-corrected chi connectivity index (χ4v) is 3.03. The highest BCUT2D eigenvalue weighted by Gasteiger charge is 2.09. The van der Waals surface area contributed by atoms with Gasteiger partial charge >= 0.3 is 0 Å². The summed E-state index contributed by atoms with van der Waals surface area (Å²) < 4.78 is 13.3. The first-order valence-electron chi connectivity index (χ1n) is 6.71. The Morgan fingerprint density at radius 3 is 2.74 bits per heavy atom. The molecular formula is C16H20FNS. The lowest BCUT2D eigenvalue weighted by Gasteiger charge is -2.10. The molecule has 0 radical (unpaired) electrons. The van der Waals surface area contributed by atoms with Gasteiger partial charge in [-0.3, -0.25) is 0 Å². The molecule has 0 saturated heterocycles. The van der Waals surface area contributed by atoms with Crippen molar-refractivity contribution in [3.8, 4) is 10.4 Å². The van der Waals surface area contributed by atoms with Crippen LogP contribution in [-0.4, -0.2) is 6.54 Å². The summed E-state index contributed by atoms with van der Waals surface area (Å²) in [6.45, 7) is 7.19. The first kappa shape index (κ1) is 14.2. The van der Waals surface area contributed by atoms with E-state index in [-0.39, 0.29) is 5.82 Å². The lowest BCUT2D eigenvalue weighted by atomic mass is 10.1. The topological polar surface area (TPSA) is 12.0 Å². The summed E-state index contributed by atoms with van der Waals surface area (Å²) in [5.74, 6) is -0.140. The molecule has 1 unspecified atom stereocenters. The van der Waals surface area contributed by atoms with Gasteiger partial charge in [0.15, 0.2) is 0 Å². The number of rotatable bonds is 5. The molecule has 1 atom stereocenters. The van der Waals surface area contributed by atoms with Crippen molar-refractivity contribution in [3.05, 3.63) is 46.6 Å². The molecule has 1 N–H and O–H groups in total. The van der Waals surface area contributed by atoms with Crippen molar-refractivity contribution in [2.45, 2.75) is 33.2 Å². The molecule has 0 aliphatic carbocycles. The van der Waals surface area contributed by atoms with Crippen LogP contribution in [0.2, 0.25) is 0 Å². The SMILES string of the molecule is CCCNC(C)c1ccc(-c2ccc(F)c(C)c2)s1. The van der Waals surface area contributed by atoms with Gasteiger partial charge in [0.25, 0.3) is 0 Å². The van der Waals surface area contributed by atoms with Crippen LogP contribution in [0.4, 0.5) is 4.39 Å². The van der Waals surface area contributed by atoms with Gasteiger partial charge in [0.05, 0.1) is 0 Å². The second-order valence-electron chi connectivity index (χ2n) is 4.84. The summed E-state index contributed by atoms with van der Waals surface area (Å²) in [4.78, 5) is 2.52. The molecule has 0 fully saturated rings. The van der Waals surface area contributed by atoms with E-state index in [0.29, 0.717) is 11.6 Å². The Morgan fingerprint density at radius 1 is 1.26 bits per heavy atom. The number of nitrogens with one attached hydrogen (secondary N) is 1. The summed E-state index contributed by atoms with van der Waals surface area (Å²) in [6.07, 6.45) is 1.14. The van der Waals surface area contributed by atoms with E-state index in [1.165, 1.54) is 9.75 Å². The molecule has 1 heterocycles. The molecule has 0 aliphatic heterocycles. The molecule has 2 rings (SSSR count). The molecule has 2 aromatic rings. The molecule has 0 spiro atoms. The Bertz CT molecular complexity index is 547. The maximum atomic E-state index is 13.3. The molecule has 0 aliphatic rings. The highest BCUT2D eigenvalue weighted by molar-refractivity contribution is 7.15. The Hall–Kier alpha value is -1.19. The standard InChI is InChI=1S/C16H20FNS/c1-4-9-18-12(3)15-7-8-16(19-15)13-5-6-14(17)11(2)10-13/h5-8,10,12,18H,4,9H2,1-3H3. The molecule has 3 heteroatoms. The number of aryl methyl sites for hydroxylation is 1. The van der Waals surface area contributed by atoms with Crippen LogP contribution in [-0.2, 0) is 0 Å². The van der Waals surface area contributed by atoms with Gasteiger partial charge in [-0.05, 0) is 62.2 Å². The van der Waals surface area contributed by atoms with Gasteiger partial charge in [-0.15, -0.1) is 11.3 Å². The normalized spacial score (nSPS) is 12.6. The van der Waals surface area contributed by atoms with E-state index in [4.69, 9.17) is 0 Å². The second-order valence-corrected chi connectivity index (χ2v) is 5.96. The minimum atomic E-state index is -0.140. The minimum absolute atomic E-state index is 0.140. The maximum absolute atomic E-state index is 13.3. The van der Waals surface area contributed by atoms with E-state index >= 15 is 0 Å². The zero-order valence-corrected chi connectivity index (χ0v) is 12.5. The van der Waals surface area contributed by atoms with Crippen molar-refractivity contribution in [3.63, 3.8) is 0 Å². The summed E-state index contributed by atoms with van der Waals surface area (Å²) >= 11 is 1.77. The van der Waals surface area contributed by atoms with Crippen molar-refractivity contribution >= 4 is 11.3 Å². The highest BCUT2D eigenvalue weighted by Crippen LogP contribution is 2.32. The van der Waals surface area contributed by atoms with Crippen molar-refractivity contribution in [2.24, 2.45) is 0 Å². The average Bonchev–Trinajstić information content (AvgIpc) is 2.89. The third-order valence-electron chi connectivity index (χ3n) is 3.20. The van der Waals surface area contributed by atoms with Crippen molar-refractivity contribution < 1.29 is 4.39 Å². The number of benzene rings is 1. The maximum Gasteiger partial charge on any atom is 0.126 e. The highest BCUT2D eigenvalue weighted by atomic mass is 32.1. The third-order valence-corrected chi connectivity index (χ3v) is 4.51. The van der Waals surface area contributed by atoms with Crippen molar-refractivity contribution in [2.75, 3.05) is 6.54 Å². The first-order valence-corrected chi connectivity index (χ1v) is 7.53. The number of thiophene rings is 1. The van der Waals surface area contributed by atoms with Crippen LogP contribution in [0.15, 0.2) is 30.3 Å². The second kappa shape index (κ2) is 6.31. The molecule has 0 saturated carbocycles. The Morgan fingerprint density at radius 2 is 2.05 bits per heavy atom. The van der Waals surface area contributed by atoms with Gasteiger partial charge in [-0.1, -0.05) is 13.0 Å². The molecule has 19 heavy (non-hydrogen) atoms. The van der Waals surface area contributed by atoms with Crippen molar-refractivity contribution in [1.82, 2.24) is 5.32 Å². The van der Waals surface area contributed by atoms with Crippen molar-refractivity contribution in [1.29, 1.82) is 0 Å². The monoisotopic (exact) mass is 277 g/mol. The molecule has 1 aromatic carbocycles. The molecular weight excluding hydrogens is 257 g/mol. The van der Waals surface area contributed by atoms with Crippen LogP contribution in [0, 0.1) is 12.7 Å². The number of halogens is 1. The third kappa shape index (κ3) is 3.43. The smallest absolute Gasteiger partial charge is 0.126 e. The largest absolute Gasteiger partial charge is 0.309 e. The van der Waals surface area contributed by atoms with Crippen LogP contribution < -0.4 is 5.32 Å². The quantitative estimate of drug-likeness (QED) is 0.817. The molecule has 1 nitrogen and oxygen atoms in total. The van der Waals surface area contributed by atoms with Gasteiger partial charge < -0.3 is 5.32 Å². The average molecular weight is 277 g/mol. The van der Waals surface area contributed by atoms with Crippen LogP contribution in [0.1, 0.15) is 36.8 Å². The van der Waals surface area contributed by atoms with Crippen LogP contribution in [0.25, 0.3) is 10.4 Å². The van der Waals surface area contributed by atoms with Crippen LogP contribution in [0.5, 0.6) is 0 Å². The summed E-state index contributed by atoms with van der Waals surface area (Å²) in [7, 11) is 0. The predicted molar refractivity (Wildman–Crippen MR) is 81.2 cm³/mol. The van der Waals surface area contributed by atoms with Gasteiger partial charge in [-0.2, -0.15) is 0 Å². The minimum Gasteiger partial charge on any atom is -0.309 e. The first-order chi connectivity index (χ1) is 9.11. The van der Waals surface area contributed by atoms with Gasteiger partial charge in [0, 0.05) is 15.8 Å². The molecule has 1 aromatic heterocycles. The van der Waals surface area contributed by atoms with Gasteiger partial charge in [0.2, 0.25) is 0 Å².